The van der Waals surface area contributed by atoms with Gasteiger partial charge in [-0.2, -0.15) is 0 Å². The van der Waals surface area contributed by atoms with Gasteiger partial charge in [-0.3, -0.25) is 0 Å². The van der Waals surface area contributed by atoms with Crippen LogP contribution in [0.2, 0.25) is 0 Å². The summed E-state index contributed by atoms with van der Waals surface area (Å²) in [6.07, 6.45) is -10.5. The molecular formula is C18H34O11. The minimum atomic E-state index is -1.69. The molecule has 0 bridgehead atoms. The highest BCUT2D eigenvalue weighted by molar-refractivity contribution is 4.94. The van der Waals surface area contributed by atoms with E-state index in [2.05, 4.69) is 6.92 Å². The number of hydrogen-bond acceptors (Lipinski definition) is 11. The van der Waals surface area contributed by atoms with Crippen molar-refractivity contribution in [2.45, 2.75) is 94.0 Å². The predicted octanol–water partition coefficient (Wildman–Crippen LogP) is -2.79. The van der Waals surface area contributed by atoms with E-state index in [1.807, 2.05) is 0 Å². The lowest BCUT2D eigenvalue weighted by Gasteiger charge is -2.45. The molecule has 11 nitrogen and oxygen atoms in total. The van der Waals surface area contributed by atoms with E-state index >= 15 is 0 Å². The molecule has 7 N–H and O–H groups in total. The van der Waals surface area contributed by atoms with Crippen LogP contribution in [-0.2, 0) is 18.9 Å². The van der Waals surface area contributed by atoms with E-state index < -0.39 is 74.6 Å². The van der Waals surface area contributed by atoms with Crippen molar-refractivity contribution < 1.29 is 54.7 Å². The summed E-state index contributed by atoms with van der Waals surface area (Å²) in [4.78, 5) is 0. The van der Waals surface area contributed by atoms with Gasteiger partial charge in [-0.05, 0) is 6.42 Å². The highest BCUT2D eigenvalue weighted by Crippen LogP contribution is 2.29. The Kier molecular flexibility index (Phi) is 10.1. The molecule has 29 heavy (non-hydrogen) atoms. The standard InChI is InChI=1S/C18H34O11/c1-2-3-4-5-6-26-17-15(25)13(23)16(10(8-20)28-17)29-18-14(24)12(22)11(21)9(7-19)27-18/h9-25H,2-8H2,1H3/t9?,10?,11-,12+,13?,14?,15+,16-,17-,18-/m1/s1. The van der Waals surface area contributed by atoms with Gasteiger partial charge in [0.25, 0.3) is 0 Å². The van der Waals surface area contributed by atoms with Gasteiger partial charge in [-0.15, -0.1) is 0 Å². The minimum absolute atomic E-state index is 0.310. The summed E-state index contributed by atoms with van der Waals surface area (Å²) in [5, 5.41) is 69.4. The Morgan fingerprint density at radius 1 is 0.690 bits per heavy atom. The van der Waals surface area contributed by atoms with E-state index in [-0.39, 0.29) is 0 Å². The topological polar surface area (TPSA) is 179 Å². The van der Waals surface area contributed by atoms with Crippen molar-refractivity contribution in [3.05, 3.63) is 0 Å². The van der Waals surface area contributed by atoms with Gasteiger partial charge in [-0.1, -0.05) is 26.2 Å². The van der Waals surface area contributed by atoms with Crippen LogP contribution in [0.5, 0.6) is 0 Å². The lowest BCUT2D eigenvalue weighted by atomic mass is 9.97. The fourth-order valence-electron chi connectivity index (χ4n) is 3.42. The lowest BCUT2D eigenvalue weighted by Crippen LogP contribution is -2.64. The summed E-state index contributed by atoms with van der Waals surface area (Å²) in [7, 11) is 0. The maximum absolute atomic E-state index is 10.5. The van der Waals surface area contributed by atoms with Crippen molar-refractivity contribution in [2.75, 3.05) is 19.8 Å². The number of hydrogen-bond donors (Lipinski definition) is 7. The van der Waals surface area contributed by atoms with Crippen LogP contribution < -0.4 is 0 Å². The normalized spacial score (nSPS) is 43.4. The molecule has 0 amide bonds. The van der Waals surface area contributed by atoms with Gasteiger partial charge in [0, 0.05) is 6.61 Å². The zero-order valence-electron chi connectivity index (χ0n) is 16.5. The van der Waals surface area contributed by atoms with E-state index in [0.29, 0.717) is 6.61 Å². The summed E-state index contributed by atoms with van der Waals surface area (Å²) >= 11 is 0. The molecular weight excluding hydrogens is 392 g/mol. The van der Waals surface area contributed by atoms with Crippen molar-refractivity contribution >= 4 is 0 Å². The molecule has 2 heterocycles. The highest BCUT2D eigenvalue weighted by Gasteiger charge is 2.50. The first-order chi connectivity index (χ1) is 13.8. The van der Waals surface area contributed by atoms with Gasteiger partial charge < -0.3 is 54.7 Å². The molecule has 0 saturated carbocycles. The maximum Gasteiger partial charge on any atom is 0.187 e. The first kappa shape index (κ1) is 24.8. The second kappa shape index (κ2) is 11.8. The molecule has 172 valence electrons. The van der Waals surface area contributed by atoms with E-state index in [9.17, 15) is 35.7 Å². The zero-order chi connectivity index (χ0) is 21.6. The van der Waals surface area contributed by atoms with Crippen LogP contribution >= 0.6 is 0 Å². The monoisotopic (exact) mass is 426 g/mol. The van der Waals surface area contributed by atoms with Gasteiger partial charge >= 0.3 is 0 Å². The highest BCUT2D eigenvalue weighted by atomic mass is 16.7. The van der Waals surface area contributed by atoms with Crippen LogP contribution in [0, 0.1) is 0 Å². The largest absolute Gasteiger partial charge is 0.394 e. The second-order valence-electron chi connectivity index (χ2n) is 7.44. The van der Waals surface area contributed by atoms with Crippen LogP contribution in [0.3, 0.4) is 0 Å². The SMILES string of the molecule is CCCCCCO[C@@H]1OC(CO)[C@@H](O[C@H]2OC(CO)[C@@H](O)[C@H](O)C2O)C(O)[C@@H]1O. The summed E-state index contributed by atoms with van der Waals surface area (Å²) in [5.41, 5.74) is 0. The number of aliphatic hydroxyl groups is 7. The minimum Gasteiger partial charge on any atom is -0.394 e. The molecule has 0 radical (unpaired) electrons. The molecule has 2 aliphatic heterocycles. The van der Waals surface area contributed by atoms with Crippen LogP contribution in [-0.4, -0.2) is 117 Å². The quantitative estimate of drug-likeness (QED) is 0.180. The third-order valence-corrected chi connectivity index (χ3v) is 5.24. The Bertz CT molecular complexity index is 463. The van der Waals surface area contributed by atoms with E-state index in [1.54, 1.807) is 0 Å². The molecule has 0 spiro atoms. The smallest absolute Gasteiger partial charge is 0.187 e. The van der Waals surface area contributed by atoms with Crippen molar-refractivity contribution in [3.63, 3.8) is 0 Å². The van der Waals surface area contributed by atoms with Crippen molar-refractivity contribution in [2.24, 2.45) is 0 Å². The van der Waals surface area contributed by atoms with Crippen LogP contribution in [0.15, 0.2) is 0 Å². The Hall–Kier alpha value is -0.440. The number of aliphatic hydroxyl groups excluding tert-OH is 7. The number of ether oxygens (including phenoxy) is 4. The third-order valence-electron chi connectivity index (χ3n) is 5.24. The molecule has 4 unspecified atom stereocenters. The average molecular weight is 426 g/mol. The Balaban J connectivity index is 1.98. The van der Waals surface area contributed by atoms with Crippen molar-refractivity contribution in [3.8, 4) is 0 Å². The molecule has 0 aromatic rings. The fraction of sp³-hybridized carbons (Fsp3) is 1.00. The molecule has 0 aromatic carbocycles. The summed E-state index contributed by atoms with van der Waals surface area (Å²) in [6, 6.07) is 0. The average Bonchev–Trinajstić information content (AvgIpc) is 2.72. The molecule has 2 saturated heterocycles. The molecule has 2 aliphatic rings. The van der Waals surface area contributed by atoms with E-state index in [0.717, 1.165) is 25.7 Å². The number of unbranched alkanes of at least 4 members (excludes halogenated alkanes) is 3. The van der Waals surface area contributed by atoms with Crippen molar-refractivity contribution in [1.29, 1.82) is 0 Å². The van der Waals surface area contributed by atoms with Crippen molar-refractivity contribution in [1.82, 2.24) is 0 Å². The van der Waals surface area contributed by atoms with E-state index in [4.69, 9.17) is 18.9 Å². The van der Waals surface area contributed by atoms with Gasteiger partial charge in [0.15, 0.2) is 12.6 Å². The predicted molar refractivity (Wildman–Crippen MR) is 96.5 cm³/mol. The molecule has 2 rings (SSSR count). The van der Waals surface area contributed by atoms with Crippen LogP contribution in [0.25, 0.3) is 0 Å². The summed E-state index contributed by atoms with van der Waals surface area (Å²) in [5.74, 6) is 0. The third kappa shape index (κ3) is 6.05. The van der Waals surface area contributed by atoms with Crippen LogP contribution in [0.4, 0.5) is 0 Å². The molecule has 2 fully saturated rings. The first-order valence-corrected chi connectivity index (χ1v) is 10.1. The summed E-state index contributed by atoms with van der Waals surface area (Å²) < 4.78 is 21.7. The Morgan fingerprint density at radius 2 is 1.31 bits per heavy atom. The Labute approximate surface area is 169 Å². The maximum atomic E-state index is 10.5. The van der Waals surface area contributed by atoms with E-state index in [1.165, 1.54) is 0 Å². The summed E-state index contributed by atoms with van der Waals surface area (Å²) in [6.45, 7) is 1.16. The molecule has 10 atom stereocenters. The van der Waals surface area contributed by atoms with Crippen LogP contribution in [0.1, 0.15) is 32.6 Å². The fourth-order valence-corrected chi connectivity index (χ4v) is 3.42. The molecule has 0 aliphatic carbocycles. The van der Waals surface area contributed by atoms with Gasteiger partial charge in [0.1, 0.15) is 48.8 Å². The van der Waals surface area contributed by atoms with Gasteiger partial charge in [0.05, 0.1) is 13.2 Å². The van der Waals surface area contributed by atoms with Gasteiger partial charge in [0.2, 0.25) is 0 Å². The lowest BCUT2D eigenvalue weighted by molar-refractivity contribution is -0.359. The van der Waals surface area contributed by atoms with Gasteiger partial charge in [-0.25, -0.2) is 0 Å². The number of rotatable bonds is 10. The first-order valence-electron chi connectivity index (χ1n) is 10.1. The second-order valence-corrected chi connectivity index (χ2v) is 7.44. The molecule has 0 aromatic heterocycles. The Morgan fingerprint density at radius 3 is 1.93 bits per heavy atom. The molecule has 11 heteroatoms. The zero-order valence-corrected chi connectivity index (χ0v) is 16.5.